The molecule has 0 bridgehead atoms. The molecule has 2 heterocycles. The van der Waals surface area contributed by atoms with Crippen molar-refractivity contribution in [2.24, 2.45) is 11.8 Å². The van der Waals surface area contributed by atoms with Gasteiger partial charge in [0.25, 0.3) is 0 Å². The molecule has 5 heteroatoms. The Kier molecular flexibility index (Phi) is 3.45. The molecule has 2 saturated heterocycles. The standard InChI is InChI=1S/C16H23NO4/c1-10-8-12-14(20)17-16(9-18,15(12,2)21-10)13(19)11-6-4-3-5-7-11/h4,6,10-12,18H,3,5,7-9H2,1-2H3,(H,17,20)/t10?,11-,12+,15+,16-/m1/s1. The molecular weight excluding hydrogens is 270 g/mol. The van der Waals surface area contributed by atoms with Crippen LogP contribution in [0.15, 0.2) is 12.2 Å². The van der Waals surface area contributed by atoms with Gasteiger partial charge in [0.1, 0.15) is 5.60 Å². The number of hydrogen-bond acceptors (Lipinski definition) is 4. The molecule has 2 aliphatic heterocycles. The van der Waals surface area contributed by atoms with Gasteiger partial charge in [-0.05, 0) is 39.5 Å². The van der Waals surface area contributed by atoms with Crippen molar-refractivity contribution in [2.75, 3.05) is 6.61 Å². The van der Waals surface area contributed by atoms with E-state index in [1.807, 2.05) is 19.1 Å². The minimum Gasteiger partial charge on any atom is -0.393 e. The highest BCUT2D eigenvalue weighted by Crippen LogP contribution is 2.49. The summed E-state index contributed by atoms with van der Waals surface area (Å²) in [7, 11) is 0. The highest BCUT2D eigenvalue weighted by Gasteiger charge is 2.69. The molecule has 0 spiro atoms. The summed E-state index contributed by atoms with van der Waals surface area (Å²) in [5.74, 6) is -0.908. The van der Waals surface area contributed by atoms with Crippen LogP contribution in [0.1, 0.15) is 39.5 Å². The van der Waals surface area contributed by atoms with Crippen LogP contribution in [0.4, 0.5) is 0 Å². The van der Waals surface area contributed by atoms with E-state index in [0.29, 0.717) is 6.42 Å². The highest BCUT2D eigenvalue weighted by atomic mass is 16.5. The fourth-order valence-corrected chi connectivity index (χ4v) is 4.21. The van der Waals surface area contributed by atoms with Crippen LogP contribution in [-0.4, -0.2) is 40.6 Å². The van der Waals surface area contributed by atoms with Crippen LogP contribution in [0.5, 0.6) is 0 Å². The smallest absolute Gasteiger partial charge is 0.227 e. The molecule has 5 atom stereocenters. The molecule has 21 heavy (non-hydrogen) atoms. The molecule has 0 aromatic heterocycles. The molecule has 116 valence electrons. The Morgan fingerprint density at radius 3 is 2.95 bits per heavy atom. The molecule has 3 aliphatic rings. The number of fused-ring (bicyclic) bond motifs is 1. The number of Topliss-reactive ketones (excluding diaryl/α,β-unsaturated/α-hetero) is 1. The van der Waals surface area contributed by atoms with E-state index >= 15 is 0 Å². The molecular formula is C16H23NO4. The maximum Gasteiger partial charge on any atom is 0.227 e. The summed E-state index contributed by atoms with van der Waals surface area (Å²) >= 11 is 0. The summed E-state index contributed by atoms with van der Waals surface area (Å²) in [6, 6.07) is 0. The minimum absolute atomic E-state index is 0.0772. The van der Waals surface area contributed by atoms with Crippen LogP contribution in [0.25, 0.3) is 0 Å². The van der Waals surface area contributed by atoms with E-state index in [1.54, 1.807) is 6.92 Å². The van der Waals surface area contributed by atoms with E-state index in [-0.39, 0.29) is 29.6 Å². The third kappa shape index (κ3) is 1.90. The zero-order chi connectivity index (χ0) is 15.3. The first-order valence-electron chi connectivity index (χ1n) is 7.76. The number of carbonyl (C=O) groups excluding carboxylic acids is 2. The number of ether oxygens (including phenoxy) is 1. The molecule has 0 aromatic rings. The van der Waals surface area contributed by atoms with E-state index in [0.717, 1.165) is 19.3 Å². The molecule has 0 saturated carbocycles. The zero-order valence-electron chi connectivity index (χ0n) is 12.6. The number of carbonyl (C=O) groups is 2. The van der Waals surface area contributed by atoms with Crippen molar-refractivity contribution in [1.82, 2.24) is 5.32 Å². The van der Waals surface area contributed by atoms with Gasteiger partial charge in [-0.3, -0.25) is 9.59 Å². The molecule has 2 N–H and O–H groups in total. The Hall–Kier alpha value is -1.20. The van der Waals surface area contributed by atoms with Gasteiger partial charge in [-0.15, -0.1) is 0 Å². The van der Waals surface area contributed by atoms with Gasteiger partial charge in [-0.1, -0.05) is 12.2 Å². The fourth-order valence-electron chi connectivity index (χ4n) is 4.21. The van der Waals surface area contributed by atoms with E-state index in [1.165, 1.54) is 0 Å². The van der Waals surface area contributed by atoms with Crippen LogP contribution in [0.3, 0.4) is 0 Å². The number of aliphatic hydroxyl groups excluding tert-OH is 1. The zero-order valence-corrected chi connectivity index (χ0v) is 12.6. The Morgan fingerprint density at radius 1 is 1.57 bits per heavy atom. The first-order chi connectivity index (χ1) is 9.94. The van der Waals surface area contributed by atoms with Crippen LogP contribution < -0.4 is 5.32 Å². The van der Waals surface area contributed by atoms with Crippen LogP contribution in [0.2, 0.25) is 0 Å². The van der Waals surface area contributed by atoms with Gasteiger partial charge < -0.3 is 15.2 Å². The van der Waals surface area contributed by atoms with Gasteiger partial charge in [-0.25, -0.2) is 0 Å². The van der Waals surface area contributed by atoms with Crippen molar-refractivity contribution in [3.05, 3.63) is 12.2 Å². The third-order valence-electron chi connectivity index (χ3n) is 5.43. The van der Waals surface area contributed by atoms with Crippen molar-refractivity contribution in [1.29, 1.82) is 0 Å². The predicted molar refractivity (Wildman–Crippen MR) is 76.5 cm³/mol. The average Bonchev–Trinajstić information content (AvgIpc) is 2.90. The molecule has 1 aliphatic carbocycles. The van der Waals surface area contributed by atoms with E-state index < -0.39 is 17.7 Å². The first-order valence-corrected chi connectivity index (χ1v) is 7.76. The lowest BCUT2D eigenvalue weighted by Gasteiger charge is -2.41. The van der Waals surface area contributed by atoms with Crippen molar-refractivity contribution in [2.45, 2.75) is 56.8 Å². The normalized spacial score (nSPS) is 45.5. The summed E-state index contributed by atoms with van der Waals surface area (Å²) < 4.78 is 5.97. The SMILES string of the molecule is CC1C[C@H]2C(=O)N[C@](CO)(C(=O)[C@@H]3C=CCCC3)[C@@]2(C)O1. The number of nitrogens with one attached hydrogen (secondary N) is 1. The van der Waals surface area contributed by atoms with Gasteiger partial charge in [-0.2, -0.15) is 0 Å². The first kappa shape index (κ1) is 14.7. The summed E-state index contributed by atoms with van der Waals surface area (Å²) in [5.41, 5.74) is -2.27. The second-order valence-corrected chi connectivity index (χ2v) is 6.71. The lowest BCUT2D eigenvalue weighted by atomic mass is 9.70. The van der Waals surface area contributed by atoms with Crippen molar-refractivity contribution in [3.63, 3.8) is 0 Å². The fraction of sp³-hybridized carbons (Fsp3) is 0.750. The van der Waals surface area contributed by atoms with Gasteiger partial charge >= 0.3 is 0 Å². The van der Waals surface area contributed by atoms with Crippen molar-refractivity contribution in [3.8, 4) is 0 Å². The maximum atomic E-state index is 13.0. The van der Waals surface area contributed by atoms with Gasteiger partial charge in [0.2, 0.25) is 5.91 Å². The quantitative estimate of drug-likeness (QED) is 0.760. The minimum atomic E-state index is -1.31. The number of hydrogen-bond donors (Lipinski definition) is 2. The Morgan fingerprint density at radius 2 is 2.33 bits per heavy atom. The molecule has 5 nitrogen and oxygen atoms in total. The Bertz CT molecular complexity index is 503. The van der Waals surface area contributed by atoms with Gasteiger partial charge in [0.05, 0.1) is 18.6 Å². The summed E-state index contributed by atoms with van der Waals surface area (Å²) in [5, 5.41) is 12.8. The third-order valence-corrected chi connectivity index (χ3v) is 5.43. The predicted octanol–water partition coefficient (Wildman–Crippen LogP) is 0.956. The highest BCUT2D eigenvalue weighted by molar-refractivity contribution is 6.01. The molecule has 1 amide bonds. The summed E-state index contributed by atoms with van der Waals surface area (Å²) in [4.78, 5) is 25.3. The van der Waals surface area contributed by atoms with Crippen LogP contribution >= 0.6 is 0 Å². The van der Waals surface area contributed by atoms with E-state index in [4.69, 9.17) is 4.74 Å². The van der Waals surface area contributed by atoms with Crippen molar-refractivity contribution >= 4 is 11.7 Å². The van der Waals surface area contributed by atoms with Crippen LogP contribution in [-0.2, 0) is 14.3 Å². The van der Waals surface area contributed by atoms with Crippen molar-refractivity contribution < 1.29 is 19.4 Å². The van der Waals surface area contributed by atoms with E-state index in [2.05, 4.69) is 5.32 Å². The number of ketones is 1. The number of allylic oxidation sites excluding steroid dienone is 2. The number of rotatable bonds is 3. The number of amides is 1. The molecule has 1 unspecified atom stereocenters. The lowest BCUT2D eigenvalue weighted by Crippen LogP contribution is -2.66. The lowest BCUT2D eigenvalue weighted by molar-refractivity contribution is -0.147. The average molecular weight is 293 g/mol. The van der Waals surface area contributed by atoms with Crippen LogP contribution in [0, 0.1) is 11.8 Å². The monoisotopic (exact) mass is 293 g/mol. The molecule has 0 aromatic carbocycles. The Balaban J connectivity index is 1.99. The maximum absolute atomic E-state index is 13.0. The summed E-state index contributed by atoms with van der Waals surface area (Å²) in [6.07, 6.45) is 7.14. The molecule has 3 rings (SSSR count). The van der Waals surface area contributed by atoms with Gasteiger partial charge in [0, 0.05) is 5.92 Å². The molecule has 2 fully saturated rings. The van der Waals surface area contributed by atoms with Gasteiger partial charge in [0.15, 0.2) is 11.3 Å². The second-order valence-electron chi connectivity index (χ2n) is 6.71. The largest absolute Gasteiger partial charge is 0.393 e. The molecule has 0 radical (unpaired) electrons. The topological polar surface area (TPSA) is 75.6 Å². The van der Waals surface area contributed by atoms with E-state index in [9.17, 15) is 14.7 Å². The second kappa shape index (κ2) is 4.92. The number of aliphatic hydroxyl groups is 1. The Labute approximate surface area is 124 Å². The summed E-state index contributed by atoms with van der Waals surface area (Å²) in [6.45, 7) is 3.28.